The third-order valence-electron chi connectivity index (χ3n) is 2.40. The highest BCUT2D eigenvalue weighted by Gasteiger charge is 2.22. The van der Waals surface area contributed by atoms with Gasteiger partial charge in [0.2, 0.25) is 10.0 Å². The summed E-state index contributed by atoms with van der Waals surface area (Å²) in [7, 11) is -3.53. The van der Waals surface area contributed by atoms with Gasteiger partial charge in [-0.15, -0.1) is 6.42 Å². The van der Waals surface area contributed by atoms with Crippen LogP contribution in [0.1, 0.15) is 6.92 Å². The molecule has 1 aromatic carbocycles. The van der Waals surface area contributed by atoms with E-state index in [-0.39, 0.29) is 18.0 Å². The minimum Gasteiger partial charge on any atom is -0.207 e. The van der Waals surface area contributed by atoms with Gasteiger partial charge in [-0.1, -0.05) is 48.4 Å². The number of rotatable bonds is 6. The summed E-state index contributed by atoms with van der Waals surface area (Å²) in [5.74, 6) is 2.38. The summed E-state index contributed by atoms with van der Waals surface area (Å²) in [4.78, 5) is 0.254. The van der Waals surface area contributed by atoms with Crippen molar-refractivity contribution in [3.8, 4) is 12.3 Å². The standard InChI is InChI=1S/C15H17NO2S/c1-3-5-6-10-14-16(13-4-2)19(17,18)15-11-8-7-9-12-15/h2-3,5-12H,13-14H2,1H3/b5-3+,10-6+. The number of nitrogens with zero attached hydrogens (tertiary/aromatic N) is 1. The SMILES string of the molecule is C#CCN(C/C=C/C=C/C)S(=O)(=O)c1ccccc1. The lowest BCUT2D eigenvalue weighted by Crippen LogP contribution is -2.31. The smallest absolute Gasteiger partial charge is 0.207 e. The fourth-order valence-corrected chi connectivity index (χ4v) is 2.79. The van der Waals surface area contributed by atoms with Crippen LogP contribution in [0.5, 0.6) is 0 Å². The van der Waals surface area contributed by atoms with E-state index in [1.165, 1.54) is 4.31 Å². The van der Waals surface area contributed by atoms with Crippen LogP contribution in [0.25, 0.3) is 0 Å². The lowest BCUT2D eigenvalue weighted by Gasteiger charge is -2.18. The summed E-state index contributed by atoms with van der Waals surface area (Å²) in [5.41, 5.74) is 0. The van der Waals surface area contributed by atoms with Gasteiger partial charge in [0.05, 0.1) is 11.4 Å². The van der Waals surface area contributed by atoms with E-state index in [9.17, 15) is 8.42 Å². The number of hydrogen-bond acceptors (Lipinski definition) is 2. The van der Waals surface area contributed by atoms with E-state index >= 15 is 0 Å². The summed E-state index contributed by atoms with van der Waals surface area (Å²) in [5, 5.41) is 0. The van der Waals surface area contributed by atoms with Crippen LogP contribution in [0.3, 0.4) is 0 Å². The molecule has 0 saturated heterocycles. The molecule has 0 unspecified atom stereocenters. The first-order chi connectivity index (χ1) is 9.12. The van der Waals surface area contributed by atoms with Gasteiger partial charge < -0.3 is 0 Å². The van der Waals surface area contributed by atoms with Gasteiger partial charge in [-0.3, -0.25) is 0 Å². The molecule has 19 heavy (non-hydrogen) atoms. The molecule has 1 aromatic rings. The highest BCUT2D eigenvalue weighted by molar-refractivity contribution is 7.89. The molecule has 0 bridgehead atoms. The molecule has 3 nitrogen and oxygen atoms in total. The molecule has 0 atom stereocenters. The van der Waals surface area contributed by atoms with Crippen LogP contribution in [0, 0.1) is 12.3 Å². The lowest BCUT2D eigenvalue weighted by molar-refractivity contribution is 0.478. The van der Waals surface area contributed by atoms with E-state index in [1.807, 2.05) is 19.1 Å². The summed E-state index contributed by atoms with van der Waals surface area (Å²) < 4.78 is 26.0. The van der Waals surface area contributed by atoms with Crippen molar-refractivity contribution in [1.82, 2.24) is 4.31 Å². The summed E-state index contributed by atoms with van der Waals surface area (Å²) in [6.45, 7) is 2.20. The fourth-order valence-electron chi connectivity index (χ4n) is 1.46. The van der Waals surface area contributed by atoms with Crippen LogP contribution in [0.4, 0.5) is 0 Å². The Morgan fingerprint density at radius 3 is 2.53 bits per heavy atom. The zero-order valence-electron chi connectivity index (χ0n) is 10.9. The molecule has 0 heterocycles. The van der Waals surface area contributed by atoms with Crippen LogP contribution in [0.15, 0.2) is 59.5 Å². The summed E-state index contributed by atoms with van der Waals surface area (Å²) in [6, 6.07) is 8.28. The first-order valence-electron chi connectivity index (χ1n) is 5.89. The number of terminal acetylenes is 1. The molecule has 100 valence electrons. The number of benzene rings is 1. The quantitative estimate of drug-likeness (QED) is 0.590. The zero-order chi connectivity index (χ0) is 14.1. The normalized spacial score (nSPS) is 12.3. The van der Waals surface area contributed by atoms with Crippen molar-refractivity contribution in [2.75, 3.05) is 13.1 Å². The fraction of sp³-hybridized carbons (Fsp3) is 0.200. The molecule has 0 aliphatic rings. The van der Waals surface area contributed by atoms with Crippen LogP contribution in [-0.4, -0.2) is 25.8 Å². The minimum atomic E-state index is -3.53. The maximum absolute atomic E-state index is 12.4. The maximum Gasteiger partial charge on any atom is 0.244 e. The molecule has 0 aliphatic carbocycles. The third kappa shape index (κ3) is 4.40. The minimum absolute atomic E-state index is 0.0530. The second-order valence-corrected chi connectivity index (χ2v) is 5.71. The Hall–Kier alpha value is -1.83. The van der Waals surface area contributed by atoms with E-state index in [0.717, 1.165) is 0 Å². The molecular formula is C15H17NO2S. The predicted molar refractivity (Wildman–Crippen MR) is 78.0 cm³/mol. The molecule has 0 N–H and O–H groups in total. The monoisotopic (exact) mass is 275 g/mol. The van der Waals surface area contributed by atoms with Crippen LogP contribution >= 0.6 is 0 Å². The maximum atomic E-state index is 12.4. The first-order valence-corrected chi connectivity index (χ1v) is 7.33. The van der Waals surface area contributed by atoms with Crippen molar-refractivity contribution < 1.29 is 8.42 Å². The molecule has 1 rings (SSSR count). The number of allylic oxidation sites excluding steroid dienone is 3. The summed E-state index contributed by atoms with van der Waals surface area (Å²) in [6.07, 6.45) is 12.5. The molecule has 4 heteroatoms. The van der Waals surface area contributed by atoms with Crippen molar-refractivity contribution in [3.05, 3.63) is 54.6 Å². The second kappa shape index (κ2) is 7.57. The molecule has 0 saturated carbocycles. The molecule has 0 aromatic heterocycles. The zero-order valence-corrected chi connectivity index (χ0v) is 11.7. The van der Waals surface area contributed by atoms with E-state index in [0.29, 0.717) is 0 Å². The molecule has 0 amide bonds. The van der Waals surface area contributed by atoms with Gasteiger partial charge in [-0.05, 0) is 19.1 Å². The van der Waals surface area contributed by atoms with E-state index in [2.05, 4.69) is 5.92 Å². The van der Waals surface area contributed by atoms with E-state index in [4.69, 9.17) is 6.42 Å². The second-order valence-electron chi connectivity index (χ2n) is 3.77. The highest BCUT2D eigenvalue weighted by atomic mass is 32.2. The average molecular weight is 275 g/mol. The number of hydrogen-bond donors (Lipinski definition) is 0. The van der Waals surface area contributed by atoms with Crippen molar-refractivity contribution in [2.24, 2.45) is 0 Å². The Kier molecular flexibility index (Phi) is 6.07. The van der Waals surface area contributed by atoms with E-state index < -0.39 is 10.0 Å². The Labute approximate surface area is 115 Å². The van der Waals surface area contributed by atoms with Crippen molar-refractivity contribution in [1.29, 1.82) is 0 Å². The summed E-state index contributed by atoms with van der Waals surface area (Å²) >= 11 is 0. The average Bonchev–Trinajstić information content (AvgIpc) is 2.43. The predicted octanol–water partition coefficient (Wildman–Crippen LogP) is 2.44. The molecule has 0 spiro atoms. The van der Waals surface area contributed by atoms with Crippen LogP contribution < -0.4 is 0 Å². The van der Waals surface area contributed by atoms with Gasteiger partial charge in [0.1, 0.15) is 0 Å². The van der Waals surface area contributed by atoms with Crippen molar-refractivity contribution in [3.63, 3.8) is 0 Å². The van der Waals surface area contributed by atoms with Gasteiger partial charge in [-0.2, -0.15) is 4.31 Å². The van der Waals surface area contributed by atoms with Crippen LogP contribution in [-0.2, 0) is 10.0 Å². The van der Waals surface area contributed by atoms with Gasteiger partial charge in [-0.25, -0.2) is 8.42 Å². The molecular weight excluding hydrogens is 258 g/mol. The van der Waals surface area contributed by atoms with Gasteiger partial charge >= 0.3 is 0 Å². The Bertz CT molecular complexity index is 580. The van der Waals surface area contributed by atoms with Crippen molar-refractivity contribution in [2.45, 2.75) is 11.8 Å². The molecule has 0 radical (unpaired) electrons. The Morgan fingerprint density at radius 1 is 1.26 bits per heavy atom. The van der Waals surface area contributed by atoms with Gasteiger partial charge in [0.25, 0.3) is 0 Å². The first kappa shape index (κ1) is 15.2. The van der Waals surface area contributed by atoms with E-state index in [1.54, 1.807) is 42.5 Å². The lowest BCUT2D eigenvalue weighted by atomic mass is 10.4. The molecule has 0 fully saturated rings. The van der Waals surface area contributed by atoms with Gasteiger partial charge in [0, 0.05) is 6.54 Å². The number of sulfonamides is 1. The Balaban J connectivity index is 2.96. The van der Waals surface area contributed by atoms with Gasteiger partial charge in [0.15, 0.2) is 0 Å². The Morgan fingerprint density at radius 2 is 1.95 bits per heavy atom. The largest absolute Gasteiger partial charge is 0.244 e. The third-order valence-corrected chi connectivity index (χ3v) is 4.22. The van der Waals surface area contributed by atoms with Crippen molar-refractivity contribution >= 4 is 10.0 Å². The topological polar surface area (TPSA) is 37.4 Å². The molecule has 0 aliphatic heterocycles. The highest BCUT2D eigenvalue weighted by Crippen LogP contribution is 2.14. The van der Waals surface area contributed by atoms with Crippen LogP contribution in [0.2, 0.25) is 0 Å².